The Kier molecular flexibility index (Phi) is 25.8. The van der Waals surface area contributed by atoms with Gasteiger partial charge in [0, 0.05) is 0 Å². The van der Waals surface area contributed by atoms with Gasteiger partial charge in [0.15, 0.2) is 0 Å². The largest absolute Gasteiger partial charge is 0.0683 e. The van der Waals surface area contributed by atoms with Crippen LogP contribution in [0.4, 0.5) is 0 Å². The standard InChI is InChI=1S/C7H16.C4H10.C2H6/c1-4-6-7(3)5-2;1-4(2)3;1-2/h7H,4-6H2,1-3H3;4H,1-3H3;1-2H3. The van der Waals surface area contributed by atoms with Crippen LogP contribution < -0.4 is 0 Å². The molecule has 84 valence electrons. The van der Waals surface area contributed by atoms with E-state index in [1.54, 1.807) is 0 Å². The second kappa shape index (κ2) is 17.9. The fourth-order valence-electron chi connectivity index (χ4n) is 0.697. The average Bonchev–Trinajstić information content (AvgIpc) is 2.07. The summed E-state index contributed by atoms with van der Waals surface area (Å²) in [7, 11) is 0. The van der Waals surface area contributed by atoms with E-state index in [1.807, 2.05) is 13.8 Å². The highest BCUT2D eigenvalue weighted by atomic mass is 14.0. The Morgan fingerprint density at radius 3 is 1.23 bits per heavy atom. The van der Waals surface area contributed by atoms with Crippen molar-refractivity contribution in [2.45, 2.75) is 74.7 Å². The molecule has 0 heterocycles. The lowest BCUT2D eigenvalue weighted by atomic mass is 10.0. The van der Waals surface area contributed by atoms with Gasteiger partial charge in [-0.15, -0.1) is 0 Å². The molecule has 0 aromatic rings. The molecule has 0 N–H and O–H groups in total. The average molecular weight is 188 g/mol. The van der Waals surface area contributed by atoms with Gasteiger partial charge in [0.25, 0.3) is 0 Å². The van der Waals surface area contributed by atoms with Gasteiger partial charge in [-0.05, 0) is 11.8 Å². The Morgan fingerprint density at radius 2 is 1.15 bits per heavy atom. The predicted octanol–water partition coefficient (Wildman–Crippen LogP) is 5.52. The molecule has 13 heavy (non-hydrogen) atoms. The zero-order chi connectivity index (χ0) is 11.3. The van der Waals surface area contributed by atoms with Crippen molar-refractivity contribution in [2.75, 3.05) is 0 Å². The molecule has 0 nitrogen and oxygen atoms in total. The second-order valence-electron chi connectivity index (χ2n) is 4.03. The first kappa shape index (κ1) is 18.7. The highest BCUT2D eigenvalue weighted by Gasteiger charge is 1.92. The molecular formula is C13H32. The molecule has 0 saturated heterocycles. The summed E-state index contributed by atoms with van der Waals surface area (Å²) < 4.78 is 0. The molecule has 0 aliphatic heterocycles. The van der Waals surface area contributed by atoms with Gasteiger partial charge in [0.1, 0.15) is 0 Å². The molecule has 0 heteroatoms. The molecular weight excluding hydrogens is 156 g/mol. The third kappa shape index (κ3) is 48.0. The molecule has 0 amide bonds. The first-order chi connectivity index (χ1) is 6.04. The van der Waals surface area contributed by atoms with E-state index in [4.69, 9.17) is 0 Å². The van der Waals surface area contributed by atoms with Crippen LogP contribution in [0.1, 0.15) is 74.7 Å². The SMILES string of the molecule is CC.CC(C)C.CCCC(C)CC. The quantitative estimate of drug-likeness (QED) is 0.547. The molecule has 0 spiro atoms. The van der Waals surface area contributed by atoms with Crippen molar-refractivity contribution in [3.8, 4) is 0 Å². The third-order valence-electron chi connectivity index (χ3n) is 1.48. The van der Waals surface area contributed by atoms with E-state index in [1.165, 1.54) is 19.3 Å². The molecule has 0 aliphatic carbocycles. The van der Waals surface area contributed by atoms with E-state index in [2.05, 4.69) is 41.5 Å². The maximum absolute atomic E-state index is 2.31. The Bertz CT molecular complexity index is 52.3. The van der Waals surface area contributed by atoms with Gasteiger partial charge in [0.05, 0.1) is 0 Å². The Hall–Kier alpha value is 0. The monoisotopic (exact) mass is 188 g/mol. The van der Waals surface area contributed by atoms with Crippen molar-refractivity contribution in [1.82, 2.24) is 0 Å². The third-order valence-corrected chi connectivity index (χ3v) is 1.48. The smallest absolute Gasteiger partial charge is 0.0446 e. The molecule has 0 fully saturated rings. The number of hydrogen-bond donors (Lipinski definition) is 0. The van der Waals surface area contributed by atoms with Crippen LogP contribution in [0.15, 0.2) is 0 Å². The van der Waals surface area contributed by atoms with Crippen molar-refractivity contribution in [1.29, 1.82) is 0 Å². The van der Waals surface area contributed by atoms with Gasteiger partial charge >= 0.3 is 0 Å². The van der Waals surface area contributed by atoms with Crippen LogP contribution >= 0.6 is 0 Å². The number of hydrogen-bond acceptors (Lipinski definition) is 0. The van der Waals surface area contributed by atoms with Crippen molar-refractivity contribution >= 4 is 0 Å². The summed E-state index contributed by atoms with van der Waals surface area (Å²) in [6.45, 7) is 17.3. The highest BCUT2D eigenvalue weighted by molar-refractivity contribution is 4.45. The molecule has 0 bridgehead atoms. The second-order valence-corrected chi connectivity index (χ2v) is 4.03. The summed E-state index contributed by atoms with van der Waals surface area (Å²) in [5.74, 6) is 1.78. The highest BCUT2D eigenvalue weighted by Crippen LogP contribution is 2.07. The topological polar surface area (TPSA) is 0 Å². The van der Waals surface area contributed by atoms with E-state index in [0.29, 0.717) is 0 Å². The van der Waals surface area contributed by atoms with E-state index in [0.717, 1.165) is 11.8 Å². The summed E-state index contributed by atoms with van der Waals surface area (Å²) >= 11 is 0. The van der Waals surface area contributed by atoms with Crippen molar-refractivity contribution in [3.05, 3.63) is 0 Å². The van der Waals surface area contributed by atoms with E-state index < -0.39 is 0 Å². The van der Waals surface area contributed by atoms with Crippen LogP contribution in [0.25, 0.3) is 0 Å². The molecule has 0 aromatic carbocycles. The molecule has 0 saturated carbocycles. The maximum atomic E-state index is 2.31. The van der Waals surface area contributed by atoms with Gasteiger partial charge in [-0.3, -0.25) is 0 Å². The van der Waals surface area contributed by atoms with Crippen LogP contribution in [-0.2, 0) is 0 Å². The minimum absolute atomic E-state index is 0.833. The predicted molar refractivity (Wildman–Crippen MR) is 66.2 cm³/mol. The molecule has 1 unspecified atom stereocenters. The summed E-state index contributed by atoms with van der Waals surface area (Å²) in [4.78, 5) is 0. The first-order valence-electron chi connectivity index (χ1n) is 6.04. The van der Waals surface area contributed by atoms with Crippen molar-refractivity contribution in [2.24, 2.45) is 11.8 Å². The lowest BCUT2D eigenvalue weighted by Crippen LogP contribution is -1.88. The Morgan fingerprint density at radius 1 is 0.846 bits per heavy atom. The van der Waals surface area contributed by atoms with Crippen LogP contribution in [0.5, 0.6) is 0 Å². The van der Waals surface area contributed by atoms with Gasteiger partial charge in [-0.2, -0.15) is 0 Å². The summed E-state index contributed by atoms with van der Waals surface area (Å²) in [6, 6.07) is 0. The molecule has 0 rings (SSSR count). The molecule has 1 atom stereocenters. The Balaban J connectivity index is -0.000000142. The molecule has 0 radical (unpaired) electrons. The zero-order valence-corrected chi connectivity index (χ0v) is 11.3. The normalized spacial score (nSPS) is 10.8. The van der Waals surface area contributed by atoms with Gasteiger partial charge in [0.2, 0.25) is 0 Å². The van der Waals surface area contributed by atoms with Gasteiger partial charge < -0.3 is 0 Å². The van der Waals surface area contributed by atoms with Crippen LogP contribution in [0.2, 0.25) is 0 Å². The summed E-state index contributed by atoms with van der Waals surface area (Å²) in [5, 5.41) is 0. The lowest BCUT2D eigenvalue weighted by molar-refractivity contribution is 0.509. The maximum Gasteiger partial charge on any atom is -0.0446 e. The fraction of sp³-hybridized carbons (Fsp3) is 1.00. The summed E-state index contributed by atoms with van der Waals surface area (Å²) in [6.07, 6.45) is 4.08. The fourth-order valence-corrected chi connectivity index (χ4v) is 0.697. The molecule has 0 aromatic heterocycles. The molecule has 0 aliphatic rings. The van der Waals surface area contributed by atoms with E-state index >= 15 is 0 Å². The zero-order valence-electron chi connectivity index (χ0n) is 11.3. The first-order valence-corrected chi connectivity index (χ1v) is 6.04. The summed E-state index contributed by atoms with van der Waals surface area (Å²) in [5.41, 5.74) is 0. The lowest BCUT2D eigenvalue weighted by Gasteiger charge is -2.02. The van der Waals surface area contributed by atoms with Crippen molar-refractivity contribution in [3.63, 3.8) is 0 Å². The van der Waals surface area contributed by atoms with Crippen LogP contribution in [0, 0.1) is 11.8 Å². The number of rotatable bonds is 3. The van der Waals surface area contributed by atoms with E-state index in [-0.39, 0.29) is 0 Å². The minimum atomic E-state index is 0.833. The van der Waals surface area contributed by atoms with Gasteiger partial charge in [-0.1, -0.05) is 74.7 Å². The minimum Gasteiger partial charge on any atom is -0.0683 e. The van der Waals surface area contributed by atoms with Crippen LogP contribution in [0.3, 0.4) is 0 Å². The van der Waals surface area contributed by atoms with Crippen molar-refractivity contribution < 1.29 is 0 Å². The van der Waals surface area contributed by atoms with Crippen LogP contribution in [-0.4, -0.2) is 0 Å². The van der Waals surface area contributed by atoms with Gasteiger partial charge in [-0.25, -0.2) is 0 Å². The Labute approximate surface area is 87.1 Å². The van der Waals surface area contributed by atoms with E-state index in [9.17, 15) is 0 Å².